The van der Waals surface area contributed by atoms with Gasteiger partial charge in [-0.1, -0.05) is 15.9 Å². The summed E-state index contributed by atoms with van der Waals surface area (Å²) in [6, 6.07) is 4.93. The molecule has 1 heterocycles. The molecule has 1 aromatic rings. The van der Waals surface area contributed by atoms with Crippen LogP contribution in [0, 0.1) is 10.1 Å². The maximum Gasteiger partial charge on any atom is 0.269 e. The monoisotopic (exact) mass is 344 g/mol. The van der Waals surface area contributed by atoms with Crippen LogP contribution in [0.15, 0.2) is 18.2 Å². The van der Waals surface area contributed by atoms with E-state index in [1.165, 1.54) is 6.07 Å². The Hall–Kier alpha value is -1.18. The van der Waals surface area contributed by atoms with Crippen molar-refractivity contribution in [1.29, 1.82) is 0 Å². The Morgan fingerprint density at radius 2 is 1.95 bits per heavy atom. The third-order valence-corrected chi connectivity index (χ3v) is 4.18. The summed E-state index contributed by atoms with van der Waals surface area (Å²) in [5, 5.41) is 11.4. The zero-order valence-electron chi connectivity index (χ0n) is 11.4. The number of ether oxygens (including phenoxy) is 2. The SMILES string of the molecule is COC1CN(c2ccc([N+](=O)[O-])cc2CBr)CC1OC. The second kappa shape index (κ2) is 6.51. The molecule has 0 saturated carbocycles. The van der Waals surface area contributed by atoms with E-state index in [9.17, 15) is 10.1 Å². The van der Waals surface area contributed by atoms with E-state index < -0.39 is 0 Å². The van der Waals surface area contributed by atoms with Crippen molar-refractivity contribution in [1.82, 2.24) is 0 Å². The normalized spacial score (nSPS) is 22.2. The molecule has 1 aliphatic rings. The van der Waals surface area contributed by atoms with Gasteiger partial charge in [-0.05, 0) is 11.6 Å². The lowest BCUT2D eigenvalue weighted by Crippen LogP contribution is -2.27. The summed E-state index contributed by atoms with van der Waals surface area (Å²) in [6.45, 7) is 1.43. The molecule has 1 aliphatic heterocycles. The zero-order chi connectivity index (χ0) is 14.7. The maximum atomic E-state index is 10.8. The van der Waals surface area contributed by atoms with Crippen molar-refractivity contribution in [2.45, 2.75) is 17.5 Å². The summed E-state index contributed by atoms with van der Waals surface area (Å²) in [4.78, 5) is 12.6. The lowest BCUT2D eigenvalue weighted by molar-refractivity contribution is -0.384. The van der Waals surface area contributed by atoms with Crippen molar-refractivity contribution in [3.05, 3.63) is 33.9 Å². The number of rotatable bonds is 5. The van der Waals surface area contributed by atoms with E-state index in [2.05, 4.69) is 20.8 Å². The van der Waals surface area contributed by atoms with E-state index in [-0.39, 0.29) is 22.8 Å². The van der Waals surface area contributed by atoms with Gasteiger partial charge in [0, 0.05) is 50.5 Å². The highest BCUT2D eigenvalue weighted by atomic mass is 79.9. The quantitative estimate of drug-likeness (QED) is 0.466. The number of nitrogens with zero attached hydrogens (tertiary/aromatic N) is 2. The van der Waals surface area contributed by atoms with Gasteiger partial charge in [-0.25, -0.2) is 0 Å². The van der Waals surface area contributed by atoms with Crippen molar-refractivity contribution in [3.8, 4) is 0 Å². The van der Waals surface area contributed by atoms with Crippen molar-refractivity contribution in [3.63, 3.8) is 0 Å². The smallest absolute Gasteiger partial charge is 0.269 e. The van der Waals surface area contributed by atoms with Gasteiger partial charge in [0.2, 0.25) is 0 Å². The molecule has 6 nitrogen and oxygen atoms in total. The molecule has 0 bridgehead atoms. The van der Waals surface area contributed by atoms with E-state index in [1.807, 2.05) is 0 Å². The molecule has 7 heteroatoms. The lowest BCUT2D eigenvalue weighted by Gasteiger charge is -2.20. The highest BCUT2D eigenvalue weighted by Gasteiger charge is 2.34. The number of nitro benzene ring substituents is 1. The molecular formula is C13H17BrN2O4. The van der Waals surface area contributed by atoms with Crippen molar-refractivity contribution >= 4 is 27.3 Å². The Morgan fingerprint density at radius 3 is 2.40 bits per heavy atom. The van der Waals surface area contributed by atoms with E-state index >= 15 is 0 Å². The number of alkyl halides is 1. The number of methoxy groups -OCH3 is 2. The minimum atomic E-state index is -0.379. The van der Waals surface area contributed by atoms with E-state index in [1.54, 1.807) is 26.4 Å². The minimum Gasteiger partial charge on any atom is -0.377 e. The molecule has 2 atom stereocenters. The number of nitro groups is 1. The first-order valence-corrected chi connectivity index (χ1v) is 7.36. The van der Waals surface area contributed by atoms with Gasteiger partial charge < -0.3 is 14.4 Å². The van der Waals surface area contributed by atoms with Gasteiger partial charge in [-0.15, -0.1) is 0 Å². The van der Waals surface area contributed by atoms with Crippen molar-refractivity contribution < 1.29 is 14.4 Å². The van der Waals surface area contributed by atoms with Crippen LogP contribution in [0.2, 0.25) is 0 Å². The molecule has 0 spiro atoms. The van der Waals surface area contributed by atoms with Gasteiger partial charge in [0.1, 0.15) is 12.2 Å². The highest BCUT2D eigenvalue weighted by molar-refractivity contribution is 9.08. The van der Waals surface area contributed by atoms with Gasteiger partial charge >= 0.3 is 0 Å². The lowest BCUT2D eigenvalue weighted by atomic mass is 10.1. The van der Waals surface area contributed by atoms with Gasteiger partial charge in [0.15, 0.2) is 0 Å². The molecule has 2 rings (SSSR count). The number of non-ortho nitro benzene ring substituents is 1. The number of hydrogen-bond donors (Lipinski definition) is 0. The largest absolute Gasteiger partial charge is 0.377 e. The molecule has 0 aromatic heterocycles. The number of hydrogen-bond acceptors (Lipinski definition) is 5. The summed E-state index contributed by atoms with van der Waals surface area (Å²) in [5.41, 5.74) is 1.98. The van der Waals surface area contributed by atoms with Crippen LogP contribution >= 0.6 is 15.9 Å². The van der Waals surface area contributed by atoms with E-state index in [4.69, 9.17) is 9.47 Å². The van der Waals surface area contributed by atoms with Gasteiger partial charge in [-0.3, -0.25) is 10.1 Å². The first kappa shape index (κ1) is 15.2. The molecule has 0 aliphatic carbocycles. The predicted molar refractivity (Wildman–Crippen MR) is 79.5 cm³/mol. The Morgan fingerprint density at radius 1 is 1.35 bits per heavy atom. The summed E-state index contributed by atoms with van der Waals surface area (Å²) in [7, 11) is 3.34. The summed E-state index contributed by atoms with van der Waals surface area (Å²) < 4.78 is 10.8. The molecule has 0 N–H and O–H groups in total. The van der Waals surface area contributed by atoms with Crippen molar-refractivity contribution in [2.24, 2.45) is 0 Å². The summed E-state index contributed by atoms with van der Waals surface area (Å²) >= 11 is 3.39. The van der Waals surface area contributed by atoms with E-state index in [0.717, 1.165) is 11.3 Å². The van der Waals surface area contributed by atoms with Crippen LogP contribution in [0.5, 0.6) is 0 Å². The first-order chi connectivity index (χ1) is 9.60. The van der Waals surface area contributed by atoms with Gasteiger partial charge in [0.05, 0.1) is 4.92 Å². The molecule has 110 valence electrons. The molecule has 1 aromatic carbocycles. The van der Waals surface area contributed by atoms with Gasteiger partial charge in [0.25, 0.3) is 5.69 Å². The molecule has 0 amide bonds. The van der Waals surface area contributed by atoms with Crippen molar-refractivity contribution in [2.75, 3.05) is 32.2 Å². The van der Waals surface area contributed by atoms with Crippen LogP contribution in [-0.2, 0) is 14.8 Å². The highest BCUT2D eigenvalue weighted by Crippen LogP contribution is 2.31. The zero-order valence-corrected chi connectivity index (χ0v) is 13.0. The fraction of sp³-hybridized carbons (Fsp3) is 0.538. The van der Waals surface area contributed by atoms with Crippen LogP contribution in [0.1, 0.15) is 5.56 Å². The molecular weight excluding hydrogens is 328 g/mol. The molecule has 2 unspecified atom stereocenters. The number of benzene rings is 1. The van der Waals surface area contributed by atoms with Crippen LogP contribution in [0.3, 0.4) is 0 Å². The van der Waals surface area contributed by atoms with Crippen LogP contribution in [0.25, 0.3) is 0 Å². The fourth-order valence-electron chi connectivity index (χ4n) is 2.49. The van der Waals surface area contributed by atoms with Crippen LogP contribution in [0.4, 0.5) is 11.4 Å². The number of anilines is 1. The summed E-state index contributed by atoms with van der Waals surface area (Å²) in [6.07, 6.45) is 0.0248. The molecule has 1 fully saturated rings. The Bertz CT molecular complexity index is 485. The Labute approximate surface area is 125 Å². The second-order valence-corrected chi connectivity index (χ2v) is 5.22. The fourth-order valence-corrected chi connectivity index (χ4v) is 2.94. The Kier molecular flexibility index (Phi) is 4.95. The van der Waals surface area contributed by atoms with E-state index in [0.29, 0.717) is 18.4 Å². The maximum absolute atomic E-state index is 10.8. The summed E-state index contributed by atoms with van der Waals surface area (Å²) in [5.74, 6) is 0. The van der Waals surface area contributed by atoms with Crippen LogP contribution in [-0.4, -0.2) is 44.4 Å². The molecule has 1 saturated heterocycles. The average molecular weight is 345 g/mol. The predicted octanol–water partition coefficient (Wildman–Crippen LogP) is 2.34. The third-order valence-electron chi connectivity index (χ3n) is 3.58. The number of halogens is 1. The minimum absolute atomic E-state index is 0.0124. The third kappa shape index (κ3) is 2.94. The molecule has 0 radical (unpaired) electrons. The second-order valence-electron chi connectivity index (χ2n) is 4.66. The topological polar surface area (TPSA) is 64.8 Å². The standard InChI is InChI=1S/C13H17BrN2O4/c1-19-12-7-15(8-13(12)20-2)11-4-3-10(16(17)18)5-9(11)6-14/h3-5,12-13H,6-8H2,1-2H3. The average Bonchev–Trinajstić information content (AvgIpc) is 2.89. The molecule has 20 heavy (non-hydrogen) atoms. The Balaban J connectivity index is 2.27. The van der Waals surface area contributed by atoms with Gasteiger partial charge in [-0.2, -0.15) is 0 Å². The van der Waals surface area contributed by atoms with Crippen LogP contribution < -0.4 is 4.90 Å². The first-order valence-electron chi connectivity index (χ1n) is 6.24.